The molecule has 0 saturated heterocycles. The third-order valence-electron chi connectivity index (χ3n) is 2.56. The molecule has 0 aliphatic carbocycles. The number of nitrogens with zero attached hydrogens (tertiary/aromatic N) is 4. The van der Waals surface area contributed by atoms with Gasteiger partial charge in [-0.3, -0.25) is 0 Å². The summed E-state index contributed by atoms with van der Waals surface area (Å²) in [5.74, 6) is 0.488. The molecule has 0 aliphatic heterocycles. The van der Waals surface area contributed by atoms with Crippen LogP contribution in [0.25, 0.3) is 0 Å². The van der Waals surface area contributed by atoms with E-state index in [9.17, 15) is 13.2 Å². The first-order valence-corrected chi connectivity index (χ1v) is 5.67. The zero-order valence-electron chi connectivity index (χ0n) is 10.1. The van der Waals surface area contributed by atoms with Crippen molar-refractivity contribution in [2.75, 3.05) is 5.32 Å². The second-order valence-corrected chi connectivity index (χ2v) is 3.87. The summed E-state index contributed by atoms with van der Waals surface area (Å²) in [5.41, 5.74) is 0.0632. The van der Waals surface area contributed by atoms with Gasteiger partial charge in [-0.05, 0) is 35.0 Å². The molecule has 2 aromatic rings. The molecule has 0 aliphatic rings. The van der Waals surface area contributed by atoms with Gasteiger partial charge in [0, 0.05) is 13.1 Å². The lowest BCUT2D eigenvalue weighted by molar-refractivity contribution is -0.137. The van der Waals surface area contributed by atoms with Crippen LogP contribution >= 0.6 is 0 Å². The number of aryl methyl sites for hydroxylation is 1. The van der Waals surface area contributed by atoms with Crippen LogP contribution in [0, 0.1) is 0 Å². The molecule has 0 spiro atoms. The van der Waals surface area contributed by atoms with Crippen LogP contribution in [-0.4, -0.2) is 20.2 Å². The Morgan fingerprint density at radius 2 is 1.89 bits per heavy atom. The van der Waals surface area contributed by atoms with Gasteiger partial charge in [-0.15, -0.1) is 0 Å². The van der Waals surface area contributed by atoms with Gasteiger partial charge < -0.3 is 5.32 Å². The van der Waals surface area contributed by atoms with E-state index in [-0.39, 0.29) is 0 Å². The van der Waals surface area contributed by atoms with Crippen molar-refractivity contribution in [3.63, 3.8) is 0 Å². The second-order valence-electron chi connectivity index (χ2n) is 3.87. The van der Waals surface area contributed by atoms with E-state index in [2.05, 4.69) is 20.8 Å². The number of halogens is 3. The third-order valence-corrected chi connectivity index (χ3v) is 2.56. The van der Waals surface area contributed by atoms with Gasteiger partial charge in [0.25, 0.3) is 0 Å². The predicted molar refractivity (Wildman–Crippen MR) is 62.3 cm³/mol. The van der Waals surface area contributed by atoms with Crippen molar-refractivity contribution in [2.45, 2.75) is 26.2 Å². The van der Waals surface area contributed by atoms with E-state index in [0.717, 1.165) is 17.7 Å². The minimum atomic E-state index is -4.31. The molecule has 102 valence electrons. The number of rotatable bonds is 4. The van der Waals surface area contributed by atoms with Gasteiger partial charge in [0.15, 0.2) is 0 Å². The van der Waals surface area contributed by atoms with Gasteiger partial charge in [0.1, 0.15) is 0 Å². The lowest BCUT2D eigenvalue weighted by atomic mass is 10.1. The first-order valence-electron chi connectivity index (χ1n) is 5.67. The molecule has 0 unspecified atom stereocenters. The maximum Gasteiger partial charge on any atom is 0.416 e. The first kappa shape index (κ1) is 13.3. The molecular weight excluding hydrogens is 259 g/mol. The van der Waals surface area contributed by atoms with Crippen LogP contribution in [0.3, 0.4) is 0 Å². The highest BCUT2D eigenvalue weighted by molar-refractivity contribution is 5.29. The molecule has 0 bridgehead atoms. The van der Waals surface area contributed by atoms with E-state index in [0.29, 0.717) is 19.0 Å². The van der Waals surface area contributed by atoms with Gasteiger partial charge in [-0.1, -0.05) is 17.2 Å². The molecule has 1 aromatic carbocycles. The summed E-state index contributed by atoms with van der Waals surface area (Å²) in [6.07, 6.45) is -4.31. The van der Waals surface area contributed by atoms with Crippen molar-refractivity contribution in [1.29, 1.82) is 0 Å². The lowest BCUT2D eigenvalue weighted by Gasteiger charge is -2.08. The summed E-state index contributed by atoms with van der Waals surface area (Å²) in [5, 5.41) is 14.0. The number of anilines is 1. The molecule has 0 atom stereocenters. The molecule has 0 amide bonds. The SMILES string of the molecule is CCn1nnnc1NCc1ccc(C(F)(F)F)cc1. The standard InChI is InChI=1S/C11H12F3N5/c1-2-19-10(16-17-18-19)15-7-8-3-5-9(6-4-8)11(12,13)14/h3-6H,2,7H2,1H3,(H,15,16,18). The topological polar surface area (TPSA) is 55.6 Å². The van der Waals surface area contributed by atoms with Crippen LogP contribution in [0.1, 0.15) is 18.1 Å². The van der Waals surface area contributed by atoms with Crippen LogP contribution < -0.4 is 5.32 Å². The third kappa shape index (κ3) is 3.21. The summed E-state index contributed by atoms with van der Waals surface area (Å²) in [6.45, 7) is 2.86. The summed E-state index contributed by atoms with van der Waals surface area (Å²) in [7, 11) is 0. The van der Waals surface area contributed by atoms with Gasteiger partial charge >= 0.3 is 6.18 Å². The highest BCUT2D eigenvalue weighted by atomic mass is 19.4. The average Bonchev–Trinajstić information content (AvgIpc) is 2.83. The van der Waals surface area contributed by atoms with Crippen LogP contribution in [0.2, 0.25) is 0 Å². The molecule has 1 N–H and O–H groups in total. The number of aromatic nitrogens is 4. The summed E-state index contributed by atoms with van der Waals surface area (Å²) < 4.78 is 38.7. The molecule has 0 saturated carbocycles. The predicted octanol–water partition coefficient (Wildman–Crippen LogP) is 2.32. The Kier molecular flexibility index (Phi) is 3.68. The number of tetrazole rings is 1. The fourth-order valence-corrected chi connectivity index (χ4v) is 1.54. The van der Waals surface area contributed by atoms with E-state index in [1.807, 2.05) is 6.92 Å². The van der Waals surface area contributed by atoms with E-state index in [1.54, 1.807) is 4.68 Å². The van der Waals surface area contributed by atoms with Gasteiger partial charge in [-0.25, -0.2) is 4.68 Å². The Labute approximate surface area is 107 Å². The average molecular weight is 271 g/mol. The minimum Gasteiger partial charge on any atom is -0.349 e. The maximum absolute atomic E-state index is 12.4. The molecule has 5 nitrogen and oxygen atoms in total. The van der Waals surface area contributed by atoms with Crippen LogP contribution in [0.5, 0.6) is 0 Å². The summed E-state index contributed by atoms with van der Waals surface area (Å²) in [4.78, 5) is 0. The Morgan fingerprint density at radius 3 is 2.47 bits per heavy atom. The monoisotopic (exact) mass is 271 g/mol. The van der Waals surface area contributed by atoms with Crippen molar-refractivity contribution >= 4 is 5.95 Å². The van der Waals surface area contributed by atoms with Crippen molar-refractivity contribution < 1.29 is 13.2 Å². The van der Waals surface area contributed by atoms with Gasteiger partial charge in [-0.2, -0.15) is 13.2 Å². The number of alkyl halides is 3. The fraction of sp³-hybridized carbons (Fsp3) is 0.364. The Balaban J connectivity index is 2.01. The Hall–Kier alpha value is -2.12. The van der Waals surface area contributed by atoms with Crippen LogP contribution in [0.4, 0.5) is 19.1 Å². The normalized spacial score (nSPS) is 11.6. The lowest BCUT2D eigenvalue weighted by Crippen LogP contribution is -2.08. The molecular formula is C11H12F3N5. The van der Waals surface area contributed by atoms with E-state index in [1.165, 1.54) is 12.1 Å². The first-order chi connectivity index (χ1) is 9.00. The maximum atomic E-state index is 12.4. The smallest absolute Gasteiger partial charge is 0.349 e. The van der Waals surface area contributed by atoms with Crippen molar-refractivity contribution in [1.82, 2.24) is 20.2 Å². The molecule has 19 heavy (non-hydrogen) atoms. The molecule has 8 heteroatoms. The molecule has 1 aromatic heterocycles. The van der Waals surface area contributed by atoms with E-state index in [4.69, 9.17) is 0 Å². The largest absolute Gasteiger partial charge is 0.416 e. The zero-order chi connectivity index (χ0) is 13.9. The number of hydrogen-bond donors (Lipinski definition) is 1. The van der Waals surface area contributed by atoms with E-state index < -0.39 is 11.7 Å². The summed E-state index contributed by atoms with van der Waals surface area (Å²) in [6, 6.07) is 4.96. The summed E-state index contributed by atoms with van der Waals surface area (Å²) >= 11 is 0. The van der Waals surface area contributed by atoms with Crippen LogP contribution in [0.15, 0.2) is 24.3 Å². The number of nitrogens with one attached hydrogen (secondary N) is 1. The molecule has 0 radical (unpaired) electrons. The highest BCUT2D eigenvalue weighted by Crippen LogP contribution is 2.29. The second kappa shape index (κ2) is 5.25. The van der Waals surface area contributed by atoms with Crippen molar-refractivity contribution in [2.24, 2.45) is 0 Å². The minimum absolute atomic E-state index is 0.360. The van der Waals surface area contributed by atoms with Gasteiger partial charge in [0.05, 0.1) is 5.56 Å². The van der Waals surface area contributed by atoms with E-state index >= 15 is 0 Å². The molecule has 1 heterocycles. The van der Waals surface area contributed by atoms with Crippen molar-refractivity contribution in [3.05, 3.63) is 35.4 Å². The van der Waals surface area contributed by atoms with Crippen molar-refractivity contribution in [3.8, 4) is 0 Å². The van der Waals surface area contributed by atoms with Gasteiger partial charge in [0.2, 0.25) is 5.95 Å². The Bertz CT molecular complexity index is 532. The molecule has 0 fully saturated rings. The Morgan fingerprint density at radius 1 is 1.21 bits per heavy atom. The number of benzene rings is 1. The fourth-order valence-electron chi connectivity index (χ4n) is 1.54. The quantitative estimate of drug-likeness (QED) is 0.927. The van der Waals surface area contributed by atoms with Crippen LogP contribution in [-0.2, 0) is 19.3 Å². The highest BCUT2D eigenvalue weighted by Gasteiger charge is 2.29. The molecule has 2 rings (SSSR count). The number of hydrogen-bond acceptors (Lipinski definition) is 4. The zero-order valence-corrected chi connectivity index (χ0v) is 10.1.